The molecule has 0 bridgehead atoms. The van der Waals surface area contributed by atoms with Crippen molar-refractivity contribution < 1.29 is 9.84 Å². The van der Waals surface area contributed by atoms with E-state index in [4.69, 9.17) is 4.74 Å². The molecule has 7 heteroatoms. The van der Waals surface area contributed by atoms with Crippen molar-refractivity contribution >= 4 is 11.3 Å². The van der Waals surface area contributed by atoms with Gasteiger partial charge in [0.25, 0.3) is 0 Å². The zero-order valence-corrected chi connectivity index (χ0v) is 19.1. The highest BCUT2D eigenvalue weighted by Crippen LogP contribution is 2.43. The lowest BCUT2D eigenvalue weighted by atomic mass is 10.0. The molecule has 1 aliphatic carbocycles. The van der Waals surface area contributed by atoms with Gasteiger partial charge in [0.05, 0.1) is 17.8 Å². The molecule has 2 atom stereocenters. The molecule has 6 nitrogen and oxygen atoms in total. The number of fused-ring (bicyclic) bond motifs is 1. The highest BCUT2D eigenvalue weighted by atomic mass is 32.1. The van der Waals surface area contributed by atoms with E-state index in [1.54, 1.807) is 11.3 Å². The number of hydrogen-bond donors (Lipinski definition) is 1. The van der Waals surface area contributed by atoms with Crippen LogP contribution < -0.4 is 4.74 Å². The van der Waals surface area contributed by atoms with Crippen molar-refractivity contribution in [3.63, 3.8) is 0 Å². The van der Waals surface area contributed by atoms with Crippen molar-refractivity contribution in [3.8, 4) is 33.0 Å². The van der Waals surface area contributed by atoms with Crippen molar-refractivity contribution in [3.05, 3.63) is 53.1 Å². The number of rotatable bonds is 5. The number of β-amino-alcohol motifs (C(OH)–C–C–N with tert-alkyl or cyclic N) is 1. The van der Waals surface area contributed by atoms with Gasteiger partial charge in [-0.05, 0) is 62.4 Å². The van der Waals surface area contributed by atoms with Crippen LogP contribution >= 0.6 is 11.3 Å². The fourth-order valence-corrected chi connectivity index (χ4v) is 5.71. The van der Waals surface area contributed by atoms with Crippen molar-refractivity contribution in [2.75, 3.05) is 13.1 Å². The van der Waals surface area contributed by atoms with Gasteiger partial charge < -0.3 is 9.84 Å². The molecular weight excluding hydrogens is 420 g/mol. The topological polar surface area (TPSA) is 82.3 Å². The van der Waals surface area contributed by atoms with Gasteiger partial charge in [0, 0.05) is 30.3 Å². The highest BCUT2D eigenvalue weighted by Gasteiger charge is 2.33. The number of aromatic nitrogens is 2. The molecule has 1 aromatic heterocycles. The molecule has 1 N–H and O–H groups in total. The van der Waals surface area contributed by atoms with Gasteiger partial charge in [0.1, 0.15) is 21.8 Å². The minimum atomic E-state index is -0.205. The Morgan fingerprint density at radius 2 is 2.03 bits per heavy atom. The Labute approximate surface area is 192 Å². The number of hydrogen-bond acceptors (Lipinski definition) is 7. The second-order valence-electron chi connectivity index (χ2n) is 8.77. The van der Waals surface area contributed by atoms with Crippen LogP contribution in [0.5, 0.6) is 5.75 Å². The third-order valence-electron chi connectivity index (χ3n) is 6.24. The second kappa shape index (κ2) is 8.62. The lowest BCUT2D eigenvalue weighted by Crippen LogP contribution is -2.26. The highest BCUT2D eigenvalue weighted by molar-refractivity contribution is 7.17. The van der Waals surface area contributed by atoms with Crippen LogP contribution in [-0.4, -0.2) is 45.5 Å². The van der Waals surface area contributed by atoms with Crippen molar-refractivity contribution in [1.82, 2.24) is 15.1 Å². The maximum Gasteiger partial charge on any atom is 0.148 e. The lowest BCUT2D eigenvalue weighted by molar-refractivity contribution is 0.159. The monoisotopic (exact) mass is 446 g/mol. The van der Waals surface area contributed by atoms with E-state index in [1.807, 2.05) is 32.0 Å². The van der Waals surface area contributed by atoms with Crippen molar-refractivity contribution in [1.29, 1.82) is 5.26 Å². The number of aliphatic hydroxyl groups excluding tert-OH is 1. The molecule has 164 valence electrons. The Bertz CT molecular complexity index is 1180. The number of aliphatic hydroxyl groups is 1. The standard InChI is InChI=1S/C25H26N4O2S/c1-15(2)31-23-9-6-16(12-17(23)13-26)24-27-28-25(32-24)21-5-3-4-20-19(21)7-8-22(20)29-11-10-18(30)14-29/h3-6,9,12,15,18,22,30H,7-8,10-11,14H2,1-2H3/t18-,22?/m0/s1. The molecule has 1 saturated heterocycles. The molecular formula is C25H26N4O2S. The molecule has 0 radical (unpaired) electrons. The third kappa shape index (κ3) is 3.90. The van der Waals surface area contributed by atoms with Crippen molar-refractivity contribution in [2.24, 2.45) is 0 Å². The Kier molecular flexibility index (Phi) is 5.68. The Morgan fingerprint density at radius 1 is 1.19 bits per heavy atom. The summed E-state index contributed by atoms with van der Waals surface area (Å²) in [6.07, 6.45) is 2.75. The molecule has 0 amide bonds. The first kappa shape index (κ1) is 21.1. The van der Waals surface area contributed by atoms with E-state index in [-0.39, 0.29) is 12.2 Å². The van der Waals surface area contributed by atoms with Crippen LogP contribution in [0.15, 0.2) is 36.4 Å². The van der Waals surface area contributed by atoms with Crippen LogP contribution in [0.3, 0.4) is 0 Å². The van der Waals surface area contributed by atoms with Crippen LogP contribution in [0, 0.1) is 11.3 Å². The maximum atomic E-state index is 9.96. The van der Waals surface area contributed by atoms with Gasteiger partial charge in [0.15, 0.2) is 0 Å². The van der Waals surface area contributed by atoms with E-state index in [1.165, 1.54) is 11.1 Å². The fourth-order valence-electron chi connectivity index (χ4n) is 4.82. The first-order valence-corrected chi connectivity index (χ1v) is 11.9. The molecule has 2 heterocycles. The predicted molar refractivity (Wildman–Crippen MR) is 125 cm³/mol. The number of ether oxygens (including phenoxy) is 1. The first-order chi connectivity index (χ1) is 15.5. The zero-order valence-electron chi connectivity index (χ0n) is 18.3. The zero-order chi connectivity index (χ0) is 22.2. The summed E-state index contributed by atoms with van der Waals surface area (Å²) in [5, 5.41) is 30.1. The Balaban J connectivity index is 1.44. The Hall–Kier alpha value is -2.79. The largest absolute Gasteiger partial charge is 0.490 e. The summed E-state index contributed by atoms with van der Waals surface area (Å²) in [7, 11) is 0. The minimum absolute atomic E-state index is 0.00825. The number of nitrogens with zero attached hydrogens (tertiary/aromatic N) is 4. The smallest absolute Gasteiger partial charge is 0.148 e. The lowest BCUT2D eigenvalue weighted by Gasteiger charge is -2.24. The van der Waals surface area contributed by atoms with Gasteiger partial charge >= 0.3 is 0 Å². The minimum Gasteiger partial charge on any atom is -0.490 e. The number of benzene rings is 2. The summed E-state index contributed by atoms with van der Waals surface area (Å²) in [6.45, 7) is 5.60. The van der Waals surface area contributed by atoms with Gasteiger partial charge in [-0.25, -0.2) is 0 Å². The summed E-state index contributed by atoms with van der Waals surface area (Å²) in [6, 6.07) is 14.7. The van der Waals surface area contributed by atoms with Gasteiger partial charge in [0.2, 0.25) is 0 Å². The summed E-state index contributed by atoms with van der Waals surface area (Å²) < 4.78 is 5.74. The van der Waals surface area contributed by atoms with E-state index >= 15 is 0 Å². The molecule has 1 aliphatic heterocycles. The van der Waals surface area contributed by atoms with E-state index < -0.39 is 0 Å². The molecule has 2 aromatic carbocycles. The van der Waals surface area contributed by atoms with Gasteiger partial charge in [-0.3, -0.25) is 4.90 Å². The molecule has 2 aliphatic rings. The average Bonchev–Trinajstić information content (AvgIpc) is 3.52. The van der Waals surface area contributed by atoms with E-state index in [9.17, 15) is 10.4 Å². The molecule has 3 aromatic rings. The second-order valence-corrected chi connectivity index (χ2v) is 9.74. The SMILES string of the molecule is CC(C)Oc1ccc(-c2nnc(-c3cccc4c3CCC4N3CC[C@H](O)C3)s2)cc1C#N. The van der Waals surface area contributed by atoms with Crippen LogP contribution in [0.2, 0.25) is 0 Å². The van der Waals surface area contributed by atoms with Gasteiger partial charge in [-0.15, -0.1) is 10.2 Å². The van der Waals surface area contributed by atoms with Crippen LogP contribution in [0.4, 0.5) is 0 Å². The molecule has 0 saturated carbocycles. The van der Waals surface area contributed by atoms with E-state index in [0.29, 0.717) is 17.4 Å². The molecule has 1 unspecified atom stereocenters. The summed E-state index contributed by atoms with van der Waals surface area (Å²) in [5.74, 6) is 0.593. The van der Waals surface area contributed by atoms with Crippen LogP contribution in [0.1, 0.15) is 49.4 Å². The van der Waals surface area contributed by atoms with Gasteiger partial charge in [-0.1, -0.05) is 29.5 Å². The normalized spacial score (nSPS) is 20.5. The van der Waals surface area contributed by atoms with Crippen LogP contribution in [-0.2, 0) is 6.42 Å². The summed E-state index contributed by atoms with van der Waals surface area (Å²) in [4.78, 5) is 2.41. The average molecular weight is 447 g/mol. The van der Waals surface area contributed by atoms with E-state index in [2.05, 4.69) is 39.4 Å². The van der Waals surface area contributed by atoms with Crippen molar-refractivity contribution in [2.45, 2.75) is 51.4 Å². The maximum absolute atomic E-state index is 9.96. The quantitative estimate of drug-likeness (QED) is 0.618. The molecule has 0 spiro atoms. The molecule has 5 rings (SSSR count). The Morgan fingerprint density at radius 3 is 2.78 bits per heavy atom. The van der Waals surface area contributed by atoms with Gasteiger partial charge in [-0.2, -0.15) is 5.26 Å². The number of likely N-dealkylation sites (tertiary alicyclic amines) is 1. The fraction of sp³-hybridized carbons (Fsp3) is 0.400. The summed E-state index contributed by atoms with van der Waals surface area (Å²) >= 11 is 1.55. The predicted octanol–water partition coefficient (Wildman–Crippen LogP) is 4.58. The molecule has 1 fully saturated rings. The first-order valence-electron chi connectivity index (χ1n) is 11.1. The molecule has 32 heavy (non-hydrogen) atoms. The number of nitriles is 1. The third-order valence-corrected chi connectivity index (χ3v) is 7.25. The van der Waals surface area contributed by atoms with E-state index in [0.717, 1.165) is 53.5 Å². The van der Waals surface area contributed by atoms with Crippen LogP contribution in [0.25, 0.3) is 21.1 Å². The summed E-state index contributed by atoms with van der Waals surface area (Å²) in [5.41, 5.74) is 5.23.